The minimum atomic E-state index is 0.0160. The minimum absolute atomic E-state index is 0.0160. The van der Waals surface area contributed by atoms with Crippen molar-refractivity contribution in [1.29, 1.82) is 0 Å². The average molecular weight is 438 g/mol. The summed E-state index contributed by atoms with van der Waals surface area (Å²) in [6.07, 6.45) is 7.08. The Hall–Kier alpha value is -2.38. The largest absolute Gasteiger partial charge is 0.361 e. The number of hydrogen-bond donors (Lipinski definition) is 2. The lowest BCUT2D eigenvalue weighted by Gasteiger charge is -2.39. The van der Waals surface area contributed by atoms with Gasteiger partial charge in [0.2, 0.25) is 0 Å². The minimum Gasteiger partial charge on any atom is -0.361 e. The first kappa shape index (κ1) is 20.5. The van der Waals surface area contributed by atoms with Crippen LogP contribution in [0.4, 0.5) is 5.13 Å². The number of aromatic amines is 1. The van der Waals surface area contributed by atoms with Crippen LogP contribution in [0.15, 0.2) is 36.7 Å². The van der Waals surface area contributed by atoms with E-state index in [4.69, 9.17) is 0 Å². The van der Waals surface area contributed by atoms with Gasteiger partial charge in [0.05, 0.1) is 6.20 Å². The molecule has 0 bridgehead atoms. The van der Waals surface area contributed by atoms with Crippen molar-refractivity contribution in [1.82, 2.24) is 20.2 Å². The molecule has 5 rings (SSSR count). The van der Waals surface area contributed by atoms with Gasteiger partial charge in [-0.1, -0.05) is 36.5 Å². The summed E-state index contributed by atoms with van der Waals surface area (Å²) in [5.41, 5.74) is 2.44. The van der Waals surface area contributed by atoms with Crippen LogP contribution in [0.3, 0.4) is 0 Å². The van der Waals surface area contributed by atoms with Gasteiger partial charge in [-0.3, -0.25) is 4.79 Å². The summed E-state index contributed by atoms with van der Waals surface area (Å²) >= 11 is 1.52. The Bertz CT molecular complexity index is 1050. The van der Waals surface area contributed by atoms with Gasteiger partial charge in [0, 0.05) is 49.3 Å². The van der Waals surface area contributed by atoms with Crippen LogP contribution >= 0.6 is 11.3 Å². The highest BCUT2D eigenvalue weighted by Gasteiger charge is 2.34. The number of nitrogens with one attached hydrogen (secondary N) is 2. The molecule has 0 spiro atoms. The number of rotatable bonds is 6. The summed E-state index contributed by atoms with van der Waals surface area (Å²) in [5.74, 6) is 1.31. The van der Waals surface area contributed by atoms with Crippen molar-refractivity contribution in [2.24, 2.45) is 11.8 Å². The third kappa shape index (κ3) is 4.34. The van der Waals surface area contributed by atoms with Gasteiger partial charge in [-0.05, 0) is 49.8 Å². The van der Waals surface area contributed by atoms with E-state index in [0.717, 1.165) is 49.2 Å². The molecule has 31 heavy (non-hydrogen) atoms. The average Bonchev–Trinajstić information content (AvgIpc) is 3.40. The number of fused-ring (bicyclic) bond motifs is 1. The third-order valence-corrected chi connectivity index (χ3v) is 7.96. The van der Waals surface area contributed by atoms with Crippen molar-refractivity contribution in [3.05, 3.63) is 47.1 Å². The fourth-order valence-electron chi connectivity index (χ4n) is 4.92. The monoisotopic (exact) mass is 437 g/mol. The quantitative estimate of drug-likeness (QED) is 0.616. The van der Waals surface area contributed by atoms with Crippen LogP contribution in [0.1, 0.15) is 35.0 Å². The van der Waals surface area contributed by atoms with E-state index in [9.17, 15) is 4.79 Å². The number of piperazine rings is 1. The number of carbonyl (C=O) groups excluding carboxylic acids is 1. The van der Waals surface area contributed by atoms with Crippen LogP contribution in [-0.2, 0) is 6.42 Å². The molecule has 1 saturated carbocycles. The number of carbonyl (C=O) groups is 1. The standard InChI is InChI=1S/C24H31N5OS/c1-16-11-17(12-16)21(13-18-14-25-20-6-4-3-5-19(18)20)27-23(30)22-15-26-24(31-22)29-9-7-28(2)8-10-29/h3-6,14-17,21,25H,7-13H2,1-2H3,(H,27,30). The molecule has 164 valence electrons. The van der Waals surface area contributed by atoms with Crippen molar-refractivity contribution >= 4 is 33.3 Å². The van der Waals surface area contributed by atoms with E-state index in [-0.39, 0.29) is 11.9 Å². The fraction of sp³-hybridized carbons (Fsp3) is 0.500. The van der Waals surface area contributed by atoms with E-state index in [1.807, 2.05) is 0 Å². The number of likely N-dealkylation sites (N-methyl/N-ethyl adjacent to an activating group) is 1. The van der Waals surface area contributed by atoms with Crippen molar-refractivity contribution in [2.45, 2.75) is 32.2 Å². The number of H-pyrrole nitrogens is 1. The second-order valence-electron chi connectivity index (χ2n) is 9.28. The molecule has 3 aromatic rings. The first-order chi connectivity index (χ1) is 15.1. The number of thiazole rings is 1. The number of hydrogen-bond acceptors (Lipinski definition) is 5. The van der Waals surface area contributed by atoms with Crippen LogP contribution in [0.2, 0.25) is 0 Å². The predicted molar refractivity (Wildman–Crippen MR) is 127 cm³/mol. The zero-order valence-electron chi connectivity index (χ0n) is 18.3. The maximum absolute atomic E-state index is 13.1. The Labute approximate surface area is 187 Å². The lowest BCUT2D eigenvalue weighted by molar-refractivity contribution is 0.0872. The number of benzene rings is 1. The van der Waals surface area contributed by atoms with E-state index in [0.29, 0.717) is 10.8 Å². The van der Waals surface area contributed by atoms with Crippen LogP contribution in [0.5, 0.6) is 0 Å². The molecule has 1 unspecified atom stereocenters. The molecule has 1 aliphatic heterocycles. The zero-order valence-corrected chi connectivity index (χ0v) is 19.1. The smallest absolute Gasteiger partial charge is 0.263 e. The van der Waals surface area contributed by atoms with Gasteiger partial charge in [0.15, 0.2) is 5.13 Å². The molecule has 2 fully saturated rings. The highest BCUT2D eigenvalue weighted by atomic mass is 32.1. The molecular weight excluding hydrogens is 406 g/mol. The molecule has 1 saturated heterocycles. The Kier molecular flexibility index (Phi) is 5.71. The molecule has 2 aliphatic rings. The topological polar surface area (TPSA) is 64.3 Å². The summed E-state index contributed by atoms with van der Waals surface area (Å²) in [6.45, 7) is 6.30. The molecule has 2 aromatic heterocycles. The van der Waals surface area contributed by atoms with E-state index >= 15 is 0 Å². The Balaban J connectivity index is 1.30. The lowest BCUT2D eigenvalue weighted by Crippen LogP contribution is -2.46. The van der Waals surface area contributed by atoms with Gasteiger partial charge < -0.3 is 20.1 Å². The van der Waals surface area contributed by atoms with Crippen LogP contribution in [0, 0.1) is 11.8 Å². The Morgan fingerprint density at radius 1 is 1.26 bits per heavy atom. The Morgan fingerprint density at radius 2 is 2.03 bits per heavy atom. The molecule has 3 heterocycles. The van der Waals surface area contributed by atoms with Crippen LogP contribution < -0.4 is 10.2 Å². The van der Waals surface area contributed by atoms with Gasteiger partial charge in [-0.25, -0.2) is 4.98 Å². The molecule has 6 nitrogen and oxygen atoms in total. The van der Waals surface area contributed by atoms with Crippen LogP contribution in [-0.4, -0.2) is 60.0 Å². The highest BCUT2D eigenvalue weighted by Crippen LogP contribution is 2.37. The van der Waals surface area contributed by atoms with Gasteiger partial charge in [0.1, 0.15) is 4.88 Å². The van der Waals surface area contributed by atoms with E-state index in [2.05, 4.69) is 69.5 Å². The zero-order chi connectivity index (χ0) is 21.4. The van der Waals surface area contributed by atoms with Crippen molar-refractivity contribution in [3.63, 3.8) is 0 Å². The SMILES string of the molecule is CC1CC(C(Cc2c[nH]c3ccccc23)NC(=O)c2cnc(N3CCN(C)CC3)s2)C1. The lowest BCUT2D eigenvalue weighted by atomic mass is 9.71. The maximum Gasteiger partial charge on any atom is 0.263 e. The molecule has 0 radical (unpaired) electrons. The molecule has 1 aliphatic carbocycles. The molecule has 2 N–H and O–H groups in total. The van der Waals surface area contributed by atoms with Gasteiger partial charge in [-0.2, -0.15) is 0 Å². The first-order valence-corrected chi connectivity index (χ1v) is 12.1. The number of nitrogens with zero attached hydrogens (tertiary/aromatic N) is 3. The molecular formula is C24H31N5OS. The number of anilines is 1. The highest BCUT2D eigenvalue weighted by molar-refractivity contribution is 7.17. The first-order valence-electron chi connectivity index (χ1n) is 11.3. The fourth-order valence-corrected chi connectivity index (χ4v) is 5.79. The predicted octanol–water partition coefficient (Wildman–Crippen LogP) is 3.76. The van der Waals surface area contributed by atoms with E-state index in [1.54, 1.807) is 6.20 Å². The van der Waals surface area contributed by atoms with Gasteiger partial charge in [-0.15, -0.1) is 0 Å². The maximum atomic E-state index is 13.1. The van der Waals surface area contributed by atoms with Crippen LogP contribution in [0.25, 0.3) is 10.9 Å². The second kappa shape index (κ2) is 8.63. The van der Waals surface area contributed by atoms with Crippen molar-refractivity contribution in [3.8, 4) is 0 Å². The summed E-state index contributed by atoms with van der Waals surface area (Å²) in [5, 5.41) is 5.59. The summed E-state index contributed by atoms with van der Waals surface area (Å²) in [4.78, 5) is 26.4. The normalized spacial score (nSPS) is 23.0. The number of para-hydroxylation sites is 1. The Morgan fingerprint density at radius 3 is 2.81 bits per heavy atom. The van der Waals surface area contributed by atoms with Crippen molar-refractivity contribution < 1.29 is 4.79 Å². The number of aromatic nitrogens is 2. The van der Waals surface area contributed by atoms with Gasteiger partial charge >= 0.3 is 0 Å². The molecule has 1 amide bonds. The van der Waals surface area contributed by atoms with E-state index in [1.165, 1.54) is 35.1 Å². The summed E-state index contributed by atoms with van der Waals surface area (Å²) in [6, 6.07) is 8.55. The van der Waals surface area contributed by atoms with Gasteiger partial charge in [0.25, 0.3) is 5.91 Å². The number of amides is 1. The molecule has 7 heteroatoms. The summed E-state index contributed by atoms with van der Waals surface area (Å²) in [7, 11) is 2.15. The second-order valence-corrected chi connectivity index (χ2v) is 10.3. The molecule has 1 atom stereocenters. The molecule has 1 aromatic carbocycles. The van der Waals surface area contributed by atoms with Crippen molar-refractivity contribution in [2.75, 3.05) is 38.1 Å². The van der Waals surface area contributed by atoms with E-state index < -0.39 is 0 Å². The summed E-state index contributed by atoms with van der Waals surface area (Å²) < 4.78 is 0. The third-order valence-electron chi connectivity index (χ3n) is 6.90.